The number of hydrogen-bond donors (Lipinski definition) is 2. The Morgan fingerprint density at radius 3 is 2.89 bits per heavy atom. The van der Waals surface area contributed by atoms with Gasteiger partial charge in [-0.25, -0.2) is 4.79 Å². The molecule has 1 fully saturated rings. The molecule has 4 nitrogen and oxygen atoms in total. The van der Waals surface area contributed by atoms with E-state index in [1.165, 1.54) is 6.42 Å². The van der Waals surface area contributed by atoms with E-state index >= 15 is 0 Å². The second kappa shape index (κ2) is 5.85. The van der Waals surface area contributed by atoms with E-state index in [4.69, 9.17) is 0 Å². The number of amides is 2. The number of pyridine rings is 1. The molecule has 18 heavy (non-hydrogen) atoms. The molecule has 1 aliphatic rings. The lowest BCUT2D eigenvalue weighted by atomic mass is 9.79. The maximum Gasteiger partial charge on any atom is 0.315 e. The number of nitrogens with one attached hydrogen (secondary N) is 2. The fourth-order valence-corrected chi connectivity index (χ4v) is 2.17. The fourth-order valence-electron chi connectivity index (χ4n) is 2.17. The summed E-state index contributed by atoms with van der Waals surface area (Å²) in [7, 11) is 0. The van der Waals surface area contributed by atoms with Gasteiger partial charge in [0, 0.05) is 24.0 Å². The average Bonchev–Trinajstić information content (AvgIpc) is 2.34. The van der Waals surface area contributed by atoms with Crippen molar-refractivity contribution in [2.75, 3.05) is 6.54 Å². The lowest BCUT2D eigenvalue weighted by Gasteiger charge is -2.39. The molecule has 0 saturated heterocycles. The molecule has 1 heterocycles. The molecule has 0 bridgehead atoms. The second-order valence-corrected chi connectivity index (χ2v) is 5.22. The highest BCUT2D eigenvalue weighted by Gasteiger charge is 2.32. The Morgan fingerprint density at radius 1 is 1.44 bits per heavy atom. The van der Waals surface area contributed by atoms with Crippen molar-refractivity contribution in [2.45, 2.75) is 44.6 Å². The summed E-state index contributed by atoms with van der Waals surface area (Å²) in [4.78, 5) is 15.9. The third-order valence-corrected chi connectivity index (χ3v) is 3.49. The van der Waals surface area contributed by atoms with Gasteiger partial charge in [0.15, 0.2) is 0 Å². The van der Waals surface area contributed by atoms with Crippen molar-refractivity contribution in [1.29, 1.82) is 0 Å². The van der Waals surface area contributed by atoms with Crippen molar-refractivity contribution < 1.29 is 4.79 Å². The van der Waals surface area contributed by atoms with Crippen molar-refractivity contribution in [3.05, 3.63) is 30.1 Å². The predicted octanol–water partition coefficient (Wildman–Crippen LogP) is 2.26. The summed E-state index contributed by atoms with van der Waals surface area (Å²) >= 11 is 0. The highest BCUT2D eigenvalue weighted by atomic mass is 16.2. The minimum absolute atomic E-state index is 0.0328. The van der Waals surface area contributed by atoms with E-state index < -0.39 is 0 Å². The standard InChI is InChI=1S/C14H21N3O/c1-14(8-5-9-14)17-13(18)16-11-4-7-12-6-2-3-10-15-12/h2-3,6,10H,4-5,7-9,11H2,1H3,(H2,16,17,18). The van der Waals surface area contributed by atoms with Gasteiger partial charge in [-0.1, -0.05) is 6.07 Å². The third kappa shape index (κ3) is 3.72. The Labute approximate surface area is 108 Å². The summed E-state index contributed by atoms with van der Waals surface area (Å²) < 4.78 is 0. The molecule has 2 N–H and O–H groups in total. The Hall–Kier alpha value is -1.58. The molecule has 1 saturated carbocycles. The van der Waals surface area contributed by atoms with Crippen LogP contribution in [0.5, 0.6) is 0 Å². The van der Waals surface area contributed by atoms with Crippen LogP contribution in [0.1, 0.15) is 38.3 Å². The van der Waals surface area contributed by atoms with Gasteiger partial charge in [0.2, 0.25) is 0 Å². The number of urea groups is 1. The van der Waals surface area contributed by atoms with Crippen molar-refractivity contribution in [1.82, 2.24) is 15.6 Å². The Morgan fingerprint density at radius 2 is 2.28 bits per heavy atom. The van der Waals surface area contributed by atoms with E-state index in [1.807, 2.05) is 18.2 Å². The zero-order valence-electron chi connectivity index (χ0n) is 10.9. The lowest BCUT2D eigenvalue weighted by molar-refractivity contribution is 0.191. The van der Waals surface area contributed by atoms with Crippen molar-refractivity contribution in [3.63, 3.8) is 0 Å². The van der Waals surface area contributed by atoms with Crippen LogP contribution in [0.4, 0.5) is 4.79 Å². The SMILES string of the molecule is CC1(NC(=O)NCCCc2ccccn2)CCC1. The van der Waals surface area contributed by atoms with Gasteiger partial charge in [-0.05, 0) is 51.2 Å². The van der Waals surface area contributed by atoms with E-state index in [2.05, 4.69) is 22.5 Å². The molecule has 0 atom stereocenters. The van der Waals surface area contributed by atoms with Gasteiger partial charge in [-0.3, -0.25) is 4.98 Å². The second-order valence-electron chi connectivity index (χ2n) is 5.22. The minimum Gasteiger partial charge on any atom is -0.338 e. The predicted molar refractivity (Wildman–Crippen MR) is 71.3 cm³/mol. The zero-order chi connectivity index (χ0) is 12.8. The largest absolute Gasteiger partial charge is 0.338 e. The summed E-state index contributed by atoms with van der Waals surface area (Å²) in [6.07, 6.45) is 7.02. The first-order chi connectivity index (χ1) is 8.68. The van der Waals surface area contributed by atoms with Crippen LogP contribution in [0.15, 0.2) is 24.4 Å². The number of aromatic nitrogens is 1. The van der Waals surface area contributed by atoms with Crippen molar-refractivity contribution in [2.24, 2.45) is 0 Å². The Kier molecular flexibility index (Phi) is 4.18. The van der Waals surface area contributed by atoms with Gasteiger partial charge in [0.25, 0.3) is 0 Å². The third-order valence-electron chi connectivity index (χ3n) is 3.49. The van der Waals surface area contributed by atoms with Crippen LogP contribution in [0.3, 0.4) is 0 Å². The number of nitrogens with zero attached hydrogens (tertiary/aromatic N) is 1. The van der Waals surface area contributed by atoms with Gasteiger partial charge >= 0.3 is 6.03 Å². The highest BCUT2D eigenvalue weighted by Crippen LogP contribution is 2.30. The van der Waals surface area contributed by atoms with Crippen LogP contribution in [0, 0.1) is 0 Å². The van der Waals surface area contributed by atoms with E-state index in [1.54, 1.807) is 6.20 Å². The molecule has 4 heteroatoms. The van der Waals surface area contributed by atoms with Crippen LogP contribution in [0.25, 0.3) is 0 Å². The van der Waals surface area contributed by atoms with Gasteiger partial charge in [0.1, 0.15) is 0 Å². The monoisotopic (exact) mass is 247 g/mol. The van der Waals surface area contributed by atoms with Crippen LogP contribution < -0.4 is 10.6 Å². The van der Waals surface area contributed by atoms with E-state index in [0.29, 0.717) is 6.54 Å². The summed E-state index contributed by atoms with van der Waals surface area (Å²) in [5.74, 6) is 0. The number of rotatable bonds is 5. The quantitative estimate of drug-likeness (QED) is 0.784. The molecular weight excluding hydrogens is 226 g/mol. The molecule has 1 aliphatic carbocycles. The summed E-state index contributed by atoms with van der Waals surface area (Å²) in [6, 6.07) is 5.86. The van der Waals surface area contributed by atoms with E-state index in [9.17, 15) is 4.79 Å². The van der Waals surface area contributed by atoms with Crippen LogP contribution in [-0.4, -0.2) is 23.1 Å². The van der Waals surface area contributed by atoms with Gasteiger partial charge < -0.3 is 10.6 Å². The summed E-state index contributed by atoms with van der Waals surface area (Å²) in [6.45, 7) is 2.79. The summed E-state index contributed by atoms with van der Waals surface area (Å²) in [5, 5.41) is 5.93. The van der Waals surface area contributed by atoms with E-state index in [0.717, 1.165) is 31.4 Å². The average molecular weight is 247 g/mol. The number of carbonyl (C=O) groups is 1. The Bertz CT molecular complexity index is 387. The van der Waals surface area contributed by atoms with Crippen molar-refractivity contribution in [3.8, 4) is 0 Å². The normalized spacial score (nSPS) is 16.7. The zero-order valence-corrected chi connectivity index (χ0v) is 10.9. The van der Waals surface area contributed by atoms with Gasteiger partial charge in [-0.2, -0.15) is 0 Å². The summed E-state index contributed by atoms with van der Waals surface area (Å²) in [5.41, 5.74) is 1.11. The van der Waals surface area contributed by atoms with Crippen LogP contribution in [-0.2, 0) is 6.42 Å². The maximum absolute atomic E-state index is 11.6. The number of hydrogen-bond acceptors (Lipinski definition) is 2. The van der Waals surface area contributed by atoms with Crippen LogP contribution in [0.2, 0.25) is 0 Å². The molecule has 0 aliphatic heterocycles. The molecule has 98 valence electrons. The number of carbonyl (C=O) groups excluding carboxylic acids is 1. The molecule has 0 radical (unpaired) electrons. The molecular formula is C14H21N3O. The minimum atomic E-state index is -0.0433. The molecule has 0 aromatic carbocycles. The topological polar surface area (TPSA) is 54.0 Å². The fraction of sp³-hybridized carbons (Fsp3) is 0.571. The maximum atomic E-state index is 11.6. The van der Waals surface area contributed by atoms with Crippen molar-refractivity contribution >= 4 is 6.03 Å². The first-order valence-electron chi connectivity index (χ1n) is 6.64. The molecule has 2 rings (SSSR count). The van der Waals surface area contributed by atoms with Gasteiger partial charge in [-0.15, -0.1) is 0 Å². The van der Waals surface area contributed by atoms with E-state index in [-0.39, 0.29) is 11.6 Å². The highest BCUT2D eigenvalue weighted by molar-refractivity contribution is 5.74. The Balaban J connectivity index is 1.59. The van der Waals surface area contributed by atoms with Crippen LogP contribution >= 0.6 is 0 Å². The molecule has 2 amide bonds. The molecule has 1 aromatic heterocycles. The lowest BCUT2D eigenvalue weighted by Crippen LogP contribution is -2.54. The molecule has 1 aromatic rings. The molecule has 0 spiro atoms. The van der Waals surface area contributed by atoms with Gasteiger partial charge in [0.05, 0.1) is 0 Å². The smallest absolute Gasteiger partial charge is 0.315 e. The molecule has 0 unspecified atom stereocenters. The first kappa shape index (κ1) is 12.9. The first-order valence-corrected chi connectivity index (χ1v) is 6.64. The number of aryl methyl sites for hydroxylation is 1.